The number of nitrogens with zero attached hydrogens (tertiary/aromatic N) is 1. The fraction of sp³-hybridized carbons (Fsp3) is 0.615. The molecule has 1 atom stereocenters. The first-order valence-electron chi connectivity index (χ1n) is 6.47. The molecular weight excluding hydrogens is 248 g/mol. The van der Waals surface area contributed by atoms with Gasteiger partial charge in [-0.2, -0.15) is 0 Å². The lowest BCUT2D eigenvalue weighted by atomic mass is 10.0. The van der Waals surface area contributed by atoms with Crippen molar-refractivity contribution in [3.8, 4) is 0 Å². The second-order valence-corrected chi connectivity index (χ2v) is 5.38. The zero-order valence-electron chi connectivity index (χ0n) is 11.0. The standard InChI is InChI=1S/C13H18N2O4/c1-7(2)5-10(13(17)18)14-12(16)11-6-9(15-19-11)8-3-4-8/h6-8,10H,3-5H2,1-2H3,(H,14,16)(H,17,18)/t10-/m1/s1. The number of carbonyl (C=O) groups excluding carboxylic acids is 1. The van der Waals surface area contributed by atoms with Gasteiger partial charge in [0, 0.05) is 12.0 Å². The molecule has 0 unspecified atom stereocenters. The molecule has 104 valence electrons. The number of carbonyl (C=O) groups is 2. The normalized spacial score (nSPS) is 16.4. The third-order valence-corrected chi connectivity index (χ3v) is 3.06. The first-order chi connectivity index (χ1) is 8.97. The summed E-state index contributed by atoms with van der Waals surface area (Å²) in [5.41, 5.74) is 0.779. The molecule has 1 aliphatic carbocycles. The van der Waals surface area contributed by atoms with Crippen LogP contribution in [0.2, 0.25) is 0 Å². The van der Waals surface area contributed by atoms with Crippen molar-refractivity contribution in [1.82, 2.24) is 10.5 Å². The van der Waals surface area contributed by atoms with E-state index in [0.717, 1.165) is 18.5 Å². The molecule has 1 heterocycles. The molecule has 1 saturated carbocycles. The summed E-state index contributed by atoms with van der Waals surface area (Å²) in [6.45, 7) is 3.81. The molecular formula is C13H18N2O4. The zero-order chi connectivity index (χ0) is 14.0. The van der Waals surface area contributed by atoms with Gasteiger partial charge in [-0.05, 0) is 25.2 Å². The first kappa shape index (κ1) is 13.6. The van der Waals surface area contributed by atoms with Crippen LogP contribution < -0.4 is 5.32 Å². The molecule has 19 heavy (non-hydrogen) atoms. The molecule has 0 saturated heterocycles. The van der Waals surface area contributed by atoms with Crippen LogP contribution in [0.1, 0.15) is 55.3 Å². The highest BCUT2D eigenvalue weighted by atomic mass is 16.5. The van der Waals surface area contributed by atoms with E-state index in [1.807, 2.05) is 13.8 Å². The monoisotopic (exact) mass is 266 g/mol. The minimum absolute atomic E-state index is 0.0805. The van der Waals surface area contributed by atoms with Gasteiger partial charge in [0.15, 0.2) is 0 Å². The van der Waals surface area contributed by atoms with E-state index in [-0.39, 0.29) is 11.7 Å². The van der Waals surface area contributed by atoms with E-state index in [0.29, 0.717) is 12.3 Å². The SMILES string of the molecule is CC(C)C[C@@H](NC(=O)c1cc(C2CC2)no1)C(=O)O. The Balaban J connectivity index is 1.98. The van der Waals surface area contributed by atoms with E-state index in [9.17, 15) is 9.59 Å². The average Bonchev–Trinajstić information content (AvgIpc) is 3.05. The summed E-state index contributed by atoms with van der Waals surface area (Å²) >= 11 is 0. The van der Waals surface area contributed by atoms with Crippen LogP contribution in [0.3, 0.4) is 0 Å². The number of nitrogens with one attached hydrogen (secondary N) is 1. The molecule has 2 N–H and O–H groups in total. The first-order valence-corrected chi connectivity index (χ1v) is 6.47. The minimum Gasteiger partial charge on any atom is -0.480 e. The van der Waals surface area contributed by atoms with Crippen LogP contribution in [-0.4, -0.2) is 28.2 Å². The number of hydrogen-bond acceptors (Lipinski definition) is 4. The Morgan fingerprint density at radius 1 is 1.53 bits per heavy atom. The highest BCUT2D eigenvalue weighted by Crippen LogP contribution is 2.39. The van der Waals surface area contributed by atoms with E-state index in [2.05, 4.69) is 10.5 Å². The van der Waals surface area contributed by atoms with Gasteiger partial charge in [-0.3, -0.25) is 4.79 Å². The Hall–Kier alpha value is -1.85. The van der Waals surface area contributed by atoms with Crippen molar-refractivity contribution in [3.05, 3.63) is 17.5 Å². The molecule has 1 aromatic rings. The van der Waals surface area contributed by atoms with Gasteiger partial charge >= 0.3 is 5.97 Å². The molecule has 6 nitrogen and oxygen atoms in total. The largest absolute Gasteiger partial charge is 0.480 e. The predicted molar refractivity (Wildman–Crippen MR) is 66.8 cm³/mol. The lowest BCUT2D eigenvalue weighted by molar-refractivity contribution is -0.139. The van der Waals surface area contributed by atoms with Crippen molar-refractivity contribution >= 4 is 11.9 Å². The lowest BCUT2D eigenvalue weighted by Gasteiger charge is -2.15. The zero-order valence-corrected chi connectivity index (χ0v) is 11.0. The van der Waals surface area contributed by atoms with Crippen molar-refractivity contribution in [3.63, 3.8) is 0 Å². The van der Waals surface area contributed by atoms with E-state index >= 15 is 0 Å². The molecule has 0 aliphatic heterocycles. The van der Waals surface area contributed by atoms with Crippen molar-refractivity contribution in [2.75, 3.05) is 0 Å². The van der Waals surface area contributed by atoms with Crippen LogP contribution in [0, 0.1) is 5.92 Å². The maximum atomic E-state index is 11.9. The Morgan fingerprint density at radius 3 is 2.74 bits per heavy atom. The highest BCUT2D eigenvalue weighted by Gasteiger charge is 2.29. The predicted octanol–water partition coefficient (Wildman–Crippen LogP) is 1.78. The summed E-state index contributed by atoms with van der Waals surface area (Å²) in [6.07, 6.45) is 2.52. The van der Waals surface area contributed by atoms with Crippen LogP contribution >= 0.6 is 0 Å². The number of carboxylic acids is 1. The highest BCUT2D eigenvalue weighted by molar-refractivity contribution is 5.94. The molecule has 0 aromatic carbocycles. The average molecular weight is 266 g/mol. The number of carboxylic acid groups (broad SMARTS) is 1. The Kier molecular flexibility index (Phi) is 3.87. The summed E-state index contributed by atoms with van der Waals surface area (Å²) in [4.78, 5) is 23.0. The minimum atomic E-state index is -1.04. The fourth-order valence-corrected chi connectivity index (χ4v) is 1.89. The quantitative estimate of drug-likeness (QED) is 0.818. The molecule has 1 amide bonds. The van der Waals surface area contributed by atoms with Crippen molar-refractivity contribution in [2.45, 2.75) is 45.1 Å². The van der Waals surface area contributed by atoms with Gasteiger partial charge in [0.2, 0.25) is 5.76 Å². The molecule has 6 heteroatoms. The van der Waals surface area contributed by atoms with Gasteiger partial charge in [-0.1, -0.05) is 19.0 Å². The molecule has 1 aliphatic rings. The van der Waals surface area contributed by atoms with Crippen molar-refractivity contribution < 1.29 is 19.2 Å². The number of amides is 1. The Morgan fingerprint density at radius 2 is 2.21 bits per heavy atom. The number of aromatic nitrogens is 1. The molecule has 0 spiro atoms. The van der Waals surface area contributed by atoms with Crippen LogP contribution in [0.4, 0.5) is 0 Å². The summed E-state index contributed by atoms with van der Waals surface area (Å²) in [5.74, 6) is -0.900. The van der Waals surface area contributed by atoms with Gasteiger partial charge < -0.3 is 14.9 Å². The van der Waals surface area contributed by atoms with Gasteiger partial charge in [0.1, 0.15) is 6.04 Å². The second-order valence-electron chi connectivity index (χ2n) is 5.38. The summed E-state index contributed by atoms with van der Waals surface area (Å²) in [5, 5.41) is 15.4. The van der Waals surface area contributed by atoms with Gasteiger partial charge in [-0.25, -0.2) is 4.79 Å². The maximum Gasteiger partial charge on any atom is 0.326 e. The molecule has 2 rings (SSSR count). The van der Waals surface area contributed by atoms with Gasteiger partial charge in [0.05, 0.1) is 5.69 Å². The maximum absolute atomic E-state index is 11.9. The third-order valence-electron chi connectivity index (χ3n) is 3.06. The van der Waals surface area contributed by atoms with Gasteiger partial charge in [0.25, 0.3) is 5.91 Å². The fourth-order valence-electron chi connectivity index (χ4n) is 1.89. The van der Waals surface area contributed by atoms with Crippen LogP contribution in [0.15, 0.2) is 10.6 Å². The molecule has 0 bridgehead atoms. The lowest BCUT2D eigenvalue weighted by Crippen LogP contribution is -2.41. The van der Waals surface area contributed by atoms with Gasteiger partial charge in [-0.15, -0.1) is 0 Å². The summed E-state index contributed by atoms with van der Waals surface area (Å²) in [7, 11) is 0. The smallest absolute Gasteiger partial charge is 0.326 e. The van der Waals surface area contributed by atoms with Crippen LogP contribution in [-0.2, 0) is 4.79 Å². The molecule has 0 radical (unpaired) electrons. The summed E-state index contributed by atoms with van der Waals surface area (Å²) in [6, 6.07) is 0.698. The number of hydrogen-bond donors (Lipinski definition) is 2. The second kappa shape index (κ2) is 5.42. The topological polar surface area (TPSA) is 92.4 Å². The Bertz CT molecular complexity index is 477. The van der Waals surface area contributed by atoms with E-state index in [1.165, 1.54) is 0 Å². The van der Waals surface area contributed by atoms with Crippen LogP contribution in [0.25, 0.3) is 0 Å². The van der Waals surface area contributed by atoms with E-state index in [1.54, 1.807) is 6.07 Å². The van der Waals surface area contributed by atoms with E-state index < -0.39 is 17.9 Å². The number of rotatable bonds is 6. The molecule has 1 aromatic heterocycles. The van der Waals surface area contributed by atoms with E-state index in [4.69, 9.17) is 9.63 Å². The summed E-state index contributed by atoms with van der Waals surface area (Å²) < 4.78 is 4.96. The Labute approximate surface area is 111 Å². The van der Waals surface area contributed by atoms with Crippen LogP contribution in [0.5, 0.6) is 0 Å². The van der Waals surface area contributed by atoms with Crippen molar-refractivity contribution in [1.29, 1.82) is 0 Å². The molecule has 1 fully saturated rings. The number of aliphatic carboxylic acids is 1. The van der Waals surface area contributed by atoms with Crippen molar-refractivity contribution in [2.24, 2.45) is 5.92 Å². The third kappa shape index (κ3) is 3.56.